The van der Waals surface area contributed by atoms with Crippen LogP contribution in [0, 0.1) is 0 Å². The minimum Gasteiger partial charge on any atom is -0.158 e. The van der Waals surface area contributed by atoms with Gasteiger partial charge >= 0.3 is 0 Å². The third kappa shape index (κ3) is 14.2. The number of allylic oxidation sites excluding steroid dienone is 2. The topological polar surface area (TPSA) is 0 Å². The Kier molecular flexibility index (Phi) is 15.4. The zero-order valence-electron chi connectivity index (χ0n) is 10.8. The SMILES string of the molecule is C/C=C\CSCCCCCCSC/C=C/C. The summed E-state index contributed by atoms with van der Waals surface area (Å²) in [5.74, 6) is 5.04. The minimum atomic E-state index is 1.19. The van der Waals surface area contributed by atoms with E-state index < -0.39 is 0 Å². The zero-order valence-corrected chi connectivity index (χ0v) is 12.4. The molecule has 0 aliphatic carbocycles. The van der Waals surface area contributed by atoms with Gasteiger partial charge < -0.3 is 0 Å². The fourth-order valence-corrected chi connectivity index (χ4v) is 3.06. The predicted molar refractivity (Wildman–Crippen MR) is 82.7 cm³/mol. The summed E-state index contributed by atoms with van der Waals surface area (Å²) in [6, 6.07) is 0. The number of rotatable bonds is 11. The number of hydrogen-bond acceptors (Lipinski definition) is 2. The molecule has 0 atom stereocenters. The molecule has 0 amide bonds. The molecule has 0 nitrogen and oxygen atoms in total. The molecule has 0 bridgehead atoms. The Morgan fingerprint density at radius 3 is 1.50 bits per heavy atom. The van der Waals surface area contributed by atoms with Crippen LogP contribution in [-0.2, 0) is 0 Å². The molecule has 0 saturated carbocycles. The fourth-order valence-electron chi connectivity index (χ4n) is 1.26. The van der Waals surface area contributed by atoms with E-state index >= 15 is 0 Å². The van der Waals surface area contributed by atoms with Gasteiger partial charge in [0, 0.05) is 11.5 Å². The molecule has 0 aromatic heterocycles. The molecule has 0 rings (SSSR count). The highest BCUT2D eigenvalue weighted by Crippen LogP contribution is 2.10. The second kappa shape index (κ2) is 15.2. The highest BCUT2D eigenvalue weighted by molar-refractivity contribution is 7.99. The third-order valence-electron chi connectivity index (χ3n) is 2.23. The first kappa shape index (κ1) is 16.2. The lowest BCUT2D eigenvalue weighted by atomic mass is 10.2. The van der Waals surface area contributed by atoms with E-state index in [9.17, 15) is 0 Å². The van der Waals surface area contributed by atoms with Gasteiger partial charge in [0.05, 0.1) is 0 Å². The van der Waals surface area contributed by atoms with Crippen molar-refractivity contribution in [1.29, 1.82) is 0 Å². The normalized spacial score (nSPS) is 11.9. The smallest absolute Gasteiger partial charge is 0.0113 e. The molecule has 0 fully saturated rings. The zero-order chi connectivity index (χ0) is 11.9. The average molecular weight is 258 g/mol. The summed E-state index contributed by atoms with van der Waals surface area (Å²) in [6.45, 7) is 4.18. The maximum Gasteiger partial charge on any atom is 0.0113 e. The standard InChI is InChI=1S/C14H26S2/c1-3-5-11-15-13-9-7-8-10-14-16-12-6-4-2/h3-6H,7-14H2,1-2H3/b5-3-,6-4+. The van der Waals surface area contributed by atoms with Crippen LogP contribution in [-0.4, -0.2) is 23.0 Å². The molecule has 0 spiro atoms. The van der Waals surface area contributed by atoms with E-state index in [1.54, 1.807) is 0 Å². The summed E-state index contributed by atoms with van der Waals surface area (Å²) in [4.78, 5) is 0. The van der Waals surface area contributed by atoms with Crippen LogP contribution in [0.5, 0.6) is 0 Å². The Balaban J connectivity index is 2.93. The molecule has 0 N–H and O–H groups in total. The molecular weight excluding hydrogens is 232 g/mol. The Morgan fingerprint density at radius 1 is 0.688 bits per heavy atom. The van der Waals surface area contributed by atoms with E-state index in [1.165, 1.54) is 48.7 Å². The Hall–Kier alpha value is 0.180. The Bertz CT molecular complexity index is 154. The summed E-state index contributed by atoms with van der Waals surface area (Å²) >= 11 is 4.10. The van der Waals surface area contributed by atoms with Gasteiger partial charge in [-0.25, -0.2) is 0 Å². The maximum absolute atomic E-state index is 2.24. The lowest BCUT2D eigenvalue weighted by Gasteiger charge is -2.00. The van der Waals surface area contributed by atoms with Crippen molar-refractivity contribution >= 4 is 23.5 Å². The molecule has 0 aromatic carbocycles. The predicted octanol–water partition coefficient (Wildman–Crippen LogP) is 5.17. The van der Waals surface area contributed by atoms with E-state index in [2.05, 4.69) is 61.7 Å². The number of unbranched alkanes of at least 4 members (excludes halogenated alkanes) is 3. The maximum atomic E-state index is 2.24. The van der Waals surface area contributed by atoms with Crippen molar-refractivity contribution in [3.63, 3.8) is 0 Å². The van der Waals surface area contributed by atoms with Gasteiger partial charge in [0.1, 0.15) is 0 Å². The van der Waals surface area contributed by atoms with Crippen molar-refractivity contribution in [2.45, 2.75) is 39.5 Å². The van der Waals surface area contributed by atoms with Crippen LogP contribution in [0.25, 0.3) is 0 Å². The van der Waals surface area contributed by atoms with Crippen LogP contribution < -0.4 is 0 Å². The van der Waals surface area contributed by atoms with Crippen molar-refractivity contribution in [2.24, 2.45) is 0 Å². The van der Waals surface area contributed by atoms with Crippen LogP contribution in [0.2, 0.25) is 0 Å². The van der Waals surface area contributed by atoms with Crippen molar-refractivity contribution in [3.05, 3.63) is 24.3 Å². The van der Waals surface area contributed by atoms with E-state index in [-0.39, 0.29) is 0 Å². The van der Waals surface area contributed by atoms with Gasteiger partial charge in [-0.05, 0) is 38.2 Å². The largest absolute Gasteiger partial charge is 0.158 e. The summed E-state index contributed by atoms with van der Waals surface area (Å²) in [6.07, 6.45) is 14.3. The van der Waals surface area contributed by atoms with Crippen LogP contribution >= 0.6 is 23.5 Å². The summed E-state index contributed by atoms with van der Waals surface area (Å²) in [5.41, 5.74) is 0. The number of hydrogen-bond donors (Lipinski definition) is 0. The first-order valence-electron chi connectivity index (χ1n) is 6.29. The molecule has 94 valence electrons. The molecule has 0 saturated heterocycles. The highest BCUT2D eigenvalue weighted by atomic mass is 32.2. The molecule has 16 heavy (non-hydrogen) atoms. The first-order valence-corrected chi connectivity index (χ1v) is 8.60. The Morgan fingerprint density at radius 2 is 1.12 bits per heavy atom. The number of thioether (sulfide) groups is 2. The van der Waals surface area contributed by atoms with Gasteiger partial charge in [-0.3, -0.25) is 0 Å². The molecule has 0 aliphatic rings. The van der Waals surface area contributed by atoms with Crippen LogP contribution in [0.3, 0.4) is 0 Å². The lowest BCUT2D eigenvalue weighted by molar-refractivity contribution is 0.711. The quantitative estimate of drug-likeness (QED) is 0.370. The fraction of sp³-hybridized carbons (Fsp3) is 0.714. The van der Waals surface area contributed by atoms with Crippen LogP contribution in [0.1, 0.15) is 39.5 Å². The van der Waals surface area contributed by atoms with Gasteiger partial charge in [0.15, 0.2) is 0 Å². The summed E-state index contributed by atoms with van der Waals surface area (Å²) in [5, 5.41) is 0. The molecule has 0 heterocycles. The molecule has 0 aromatic rings. The van der Waals surface area contributed by atoms with Crippen molar-refractivity contribution in [2.75, 3.05) is 23.0 Å². The highest BCUT2D eigenvalue weighted by Gasteiger charge is 1.91. The first-order chi connectivity index (χ1) is 7.91. The molecule has 0 unspecified atom stereocenters. The summed E-state index contributed by atoms with van der Waals surface area (Å²) < 4.78 is 0. The lowest BCUT2D eigenvalue weighted by Crippen LogP contribution is -1.85. The molecule has 2 heteroatoms. The monoisotopic (exact) mass is 258 g/mol. The van der Waals surface area contributed by atoms with Crippen molar-refractivity contribution in [3.8, 4) is 0 Å². The molecule has 0 radical (unpaired) electrons. The van der Waals surface area contributed by atoms with Crippen LogP contribution in [0.4, 0.5) is 0 Å². The minimum absolute atomic E-state index is 1.19. The van der Waals surface area contributed by atoms with E-state index in [0.29, 0.717) is 0 Å². The molecule has 0 aliphatic heterocycles. The average Bonchev–Trinajstić information content (AvgIpc) is 2.31. The summed E-state index contributed by atoms with van der Waals surface area (Å²) in [7, 11) is 0. The van der Waals surface area contributed by atoms with Crippen LogP contribution in [0.15, 0.2) is 24.3 Å². The van der Waals surface area contributed by atoms with E-state index in [4.69, 9.17) is 0 Å². The van der Waals surface area contributed by atoms with Gasteiger partial charge in [-0.2, -0.15) is 23.5 Å². The van der Waals surface area contributed by atoms with Gasteiger partial charge in [-0.1, -0.05) is 37.1 Å². The molecular formula is C14H26S2. The van der Waals surface area contributed by atoms with Gasteiger partial charge in [0.2, 0.25) is 0 Å². The van der Waals surface area contributed by atoms with Crippen molar-refractivity contribution < 1.29 is 0 Å². The Labute approximate surface area is 110 Å². The van der Waals surface area contributed by atoms with Crippen molar-refractivity contribution in [1.82, 2.24) is 0 Å². The van der Waals surface area contributed by atoms with E-state index in [0.717, 1.165) is 0 Å². The van der Waals surface area contributed by atoms with Gasteiger partial charge in [0.25, 0.3) is 0 Å². The second-order valence-corrected chi connectivity index (χ2v) is 6.00. The van der Waals surface area contributed by atoms with Gasteiger partial charge in [-0.15, -0.1) is 0 Å². The second-order valence-electron chi connectivity index (χ2n) is 3.70. The third-order valence-corrected chi connectivity index (χ3v) is 4.24. The van der Waals surface area contributed by atoms with E-state index in [1.807, 2.05) is 0 Å².